The summed E-state index contributed by atoms with van der Waals surface area (Å²) in [5.41, 5.74) is 0.629. The Kier molecular flexibility index (Phi) is 5.98. The van der Waals surface area contributed by atoms with Crippen LogP contribution in [0.25, 0.3) is 0 Å². The molecular weight excluding hydrogens is 410 g/mol. The molecule has 3 aromatic rings. The fourth-order valence-electron chi connectivity index (χ4n) is 2.55. The number of methoxy groups -OCH3 is 1. The summed E-state index contributed by atoms with van der Waals surface area (Å²) >= 11 is 0. The molecule has 0 saturated carbocycles. The van der Waals surface area contributed by atoms with Gasteiger partial charge in [-0.25, -0.2) is 8.42 Å². The fraction of sp³-hybridized carbons (Fsp3) is 0.0500. The molecule has 0 unspecified atom stereocenters. The Morgan fingerprint density at radius 1 is 0.967 bits per heavy atom. The normalized spacial score (nSPS) is 10.8. The number of hydrogen-bond acceptors (Lipinski definition) is 6. The summed E-state index contributed by atoms with van der Waals surface area (Å²) in [5.74, 6) is 0.0486. The van der Waals surface area contributed by atoms with Crippen LogP contribution in [0.1, 0.15) is 10.4 Å². The minimum atomic E-state index is -3.82. The molecule has 0 atom stereocenters. The maximum Gasteiger partial charge on any atom is 0.270 e. The number of hydrogen-bond donors (Lipinski definition) is 2. The van der Waals surface area contributed by atoms with E-state index in [4.69, 9.17) is 4.74 Å². The van der Waals surface area contributed by atoms with Gasteiger partial charge in [0, 0.05) is 29.1 Å². The van der Waals surface area contributed by atoms with Gasteiger partial charge < -0.3 is 10.1 Å². The molecule has 10 heteroatoms. The zero-order valence-electron chi connectivity index (χ0n) is 15.7. The molecule has 0 heterocycles. The van der Waals surface area contributed by atoms with E-state index in [0.29, 0.717) is 17.1 Å². The Morgan fingerprint density at radius 2 is 1.60 bits per heavy atom. The van der Waals surface area contributed by atoms with Gasteiger partial charge in [-0.15, -0.1) is 0 Å². The van der Waals surface area contributed by atoms with Crippen LogP contribution >= 0.6 is 0 Å². The van der Waals surface area contributed by atoms with Crippen molar-refractivity contribution in [3.8, 4) is 5.75 Å². The fourth-order valence-corrected chi connectivity index (χ4v) is 3.61. The highest BCUT2D eigenvalue weighted by atomic mass is 32.2. The van der Waals surface area contributed by atoms with Crippen LogP contribution in [0.2, 0.25) is 0 Å². The summed E-state index contributed by atoms with van der Waals surface area (Å²) in [6.45, 7) is 0. The van der Waals surface area contributed by atoms with Crippen molar-refractivity contribution in [1.82, 2.24) is 0 Å². The molecule has 0 saturated heterocycles. The Balaban J connectivity index is 1.71. The lowest BCUT2D eigenvalue weighted by Gasteiger charge is -2.10. The molecule has 9 nitrogen and oxygen atoms in total. The molecule has 2 N–H and O–H groups in total. The molecule has 0 aliphatic heterocycles. The highest BCUT2D eigenvalue weighted by Crippen LogP contribution is 2.21. The molecule has 0 aliphatic carbocycles. The van der Waals surface area contributed by atoms with Gasteiger partial charge in [-0.2, -0.15) is 0 Å². The number of carbonyl (C=O) groups is 1. The van der Waals surface area contributed by atoms with E-state index in [1.165, 1.54) is 49.6 Å². The first-order chi connectivity index (χ1) is 14.3. The maximum atomic E-state index is 12.5. The van der Waals surface area contributed by atoms with E-state index in [1.807, 2.05) is 0 Å². The molecule has 1 amide bonds. The zero-order valence-corrected chi connectivity index (χ0v) is 16.5. The first-order valence-electron chi connectivity index (χ1n) is 8.61. The van der Waals surface area contributed by atoms with Crippen molar-refractivity contribution in [3.63, 3.8) is 0 Å². The Hall–Kier alpha value is -3.92. The van der Waals surface area contributed by atoms with E-state index < -0.39 is 20.9 Å². The van der Waals surface area contributed by atoms with Crippen LogP contribution < -0.4 is 14.8 Å². The molecule has 0 spiro atoms. The van der Waals surface area contributed by atoms with E-state index >= 15 is 0 Å². The Morgan fingerprint density at radius 3 is 2.20 bits per heavy atom. The number of ether oxygens (including phenoxy) is 1. The highest BCUT2D eigenvalue weighted by Gasteiger charge is 2.15. The SMILES string of the molecule is COc1ccc(NS(=O)(=O)c2ccc(NC(=O)c3cccc([N+](=O)[O-])c3)cc2)cc1. The molecule has 154 valence electrons. The molecule has 0 aromatic heterocycles. The number of sulfonamides is 1. The van der Waals surface area contributed by atoms with Crippen molar-refractivity contribution in [2.45, 2.75) is 4.90 Å². The first kappa shape index (κ1) is 20.8. The number of non-ortho nitro benzene ring substituents is 1. The van der Waals surface area contributed by atoms with E-state index in [9.17, 15) is 23.3 Å². The lowest BCUT2D eigenvalue weighted by molar-refractivity contribution is -0.384. The average Bonchev–Trinajstić information content (AvgIpc) is 2.74. The smallest absolute Gasteiger partial charge is 0.270 e. The van der Waals surface area contributed by atoms with Crippen LogP contribution in [0, 0.1) is 10.1 Å². The number of carbonyl (C=O) groups excluding carboxylic acids is 1. The summed E-state index contributed by atoms with van der Waals surface area (Å²) in [6.07, 6.45) is 0. The Labute approximate surface area is 172 Å². The highest BCUT2D eigenvalue weighted by molar-refractivity contribution is 7.92. The third kappa shape index (κ3) is 4.92. The molecule has 0 bridgehead atoms. The second-order valence-electron chi connectivity index (χ2n) is 6.12. The van der Waals surface area contributed by atoms with Crippen LogP contribution in [-0.4, -0.2) is 26.4 Å². The van der Waals surface area contributed by atoms with E-state index in [0.717, 1.165) is 6.07 Å². The van der Waals surface area contributed by atoms with Crippen molar-refractivity contribution in [2.24, 2.45) is 0 Å². The van der Waals surface area contributed by atoms with Gasteiger partial charge in [0.25, 0.3) is 21.6 Å². The van der Waals surface area contributed by atoms with Crippen molar-refractivity contribution in [1.29, 1.82) is 0 Å². The number of benzene rings is 3. The average molecular weight is 427 g/mol. The van der Waals surface area contributed by atoms with Gasteiger partial charge in [0.05, 0.1) is 16.9 Å². The molecule has 30 heavy (non-hydrogen) atoms. The van der Waals surface area contributed by atoms with Gasteiger partial charge in [0.1, 0.15) is 5.75 Å². The molecule has 0 aliphatic rings. The van der Waals surface area contributed by atoms with Crippen molar-refractivity contribution in [3.05, 3.63) is 88.5 Å². The number of nitro groups is 1. The number of amides is 1. The van der Waals surface area contributed by atoms with Crippen LogP contribution in [0.15, 0.2) is 77.7 Å². The quantitative estimate of drug-likeness (QED) is 0.437. The van der Waals surface area contributed by atoms with E-state index in [-0.39, 0.29) is 16.1 Å². The number of nitrogens with one attached hydrogen (secondary N) is 2. The lowest BCUT2D eigenvalue weighted by atomic mass is 10.2. The predicted octanol–water partition coefficient (Wildman–Crippen LogP) is 3.66. The minimum absolute atomic E-state index is 0.00617. The molecule has 0 fully saturated rings. The topological polar surface area (TPSA) is 128 Å². The molecule has 0 radical (unpaired) electrons. The maximum absolute atomic E-state index is 12.5. The van der Waals surface area contributed by atoms with E-state index in [2.05, 4.69) is 10.0 Å². The summed E-state index contributed by atoms with van der Waals surface area (Å²) in [4.78, 5) is 22.5. The largest absolute Gasteiger partial charge is 0.497 e. The Bertz CT molecular complexity index is 1180. The van der Waals surface area contributed by atoms with E-state index in [1.54, 1.807) is 24.3 Å². The van der Waals surface area contributed by atoms with Crippen molar-refractivity contribution >= 4 is 33.0 Å². The van der Waals surface area contributed by atoms with Crippen LogP contribution in [-0.2, 0) is 10.0 Å². The second-order valence-corrected chi connectivity index (χ2v) is 7.80. The summed E-state index contributed by atoms with van der Waals surface area (Å²) in [5, 5.41) is 13.4. The van der Waals surface area contributed by atoms with Gasteiger partial charge in [-0.1, -0.05) is 6.07 Å². The lowest BCUT2D eigenvalue weighted by Crippen LogP contribution is -2.14. The monoisotopic (exact) mass is 427 g/mol. The predicted molar refractivity (Wildman–Crippen MR) is 111 cm³/mol. The number of nitro benzene ring substituents is 1. The van der Waals surface area contributed by atoms with Gasteiger partial charge in [-0.3, -0.25) is 19.6 Å². The second kappa shape index (κ2) is 8.62. The summed E-state index contributed by atoms with van der Waals surface area (Å²) < 4.78 is 32.5. The van der Waals surface area contributed by atoms with Gasteiger partial charge in [0.2, 0.25) is 0 Å². The number of nitrogens with zero attached hydrogens (tertiary/aromatic N) is 1. The van der Waals surface area contributed by atoms with Crippen LogP contribution in [0.3, 0.4) is 0 Å². The number of anilines is 2. The summed E-state index contributed by atoms with van der Waals surface area (Å²) in [6, 6.07) is 17.2. The minimum Gasteiger partial charge on any atom is -0.497 e. The summed E-state index contributed by atoms with van der Waals surface area (Å²) in [7, 11) is -2.31. The molecule has 3 aromatic carbocycles. The number of rotatable bonds is 7. The van der Waals surface area contributed by atoms with Gasteiger partial charge >= 0.3 is 0 Å². The molecular formula is C20H17N3O6S. The first-order valence-corrected chi connectivity index (χ1v) is 10.1. The third-order valence-electron chi connectivity index (χ3n) is 4.08. The van der Waals surface area contributed by atoms with Crippen LogP contribution in [0.4, 0.5) is 17.1 Å². The standard InChI is InChI=1S/C20H17N3O6S/c1-29-18-9-5-16(6-10-18)22-30(27,28)19-11-7-15(8-12-19)21-20(24)14-3-2-4-17(13-14)23(25)26/h2-13,22H,1H3,(H,21,24). The third-order valence-corrected chi connectivity index (χ3v) is 5.48. The van der Waals surface area contributed by atoms with Crippen LogP contribution in [0.5, 0.6) is 5.75 Å². The van der Waals surface area contributed by atoms with Crippen molar-refractivity contribution in [2.75, 3.05) is 17.1 Å². The van der Waals surface area contributed by atoms with Gasteiger partial charge in [0.15, 0.2) is 0 Å². The van der Waals surface area contributed by atoms with Gasteiger partial charge in [-0.05, 0) is 54.6 Å². The molecule has 3 rings (SSSR count). The van der Waals surface area contributed by atoms with Crippen molar-refractivity contribution < 1.29 is 22.9 Å². The zero-order chi connectivity index (χ0) is 21.7.